The molecule has 0 atom stereocenters. The number of halogens is 3. The molecule has 0 aliphatic carbocycles. The number of carbonyl (C=O) groups is 1. The molecule has 142 valence electrons. The quantitative estimate of drug-likeness (QED) is 0.672. The van der Waals surface area contributed by atoms with Crippen LogP contribution in [0.5, 0.6) is 11.5 Å². The van der Waals surface area contributed by atoms with E-state index in [1.807, 2.05) is 0 Å². The van der Waals surface area contributed by atoms with Gasteiger partial charge in [-0.2, -0.15) is 18.2 Å². The molecular formula is C18H15F3N2O3S. The first-order valence-electron chi connectivity index (χ1n) is 7.73. The Bertz CT molecular complexity index is 1080. The zero-order valence-electron chi connectivity index (χ0n) is 14.6. The van der Waals surface area contributed by atoms with Gasteiger partial charge in [0.1, 0.15) is 21.7 Å². The SMILES string of the molecule is COc1ccc(OC)c2c1sc(=NC(=O)c1cccc(C(F)(F)F)c1)n2C. The topological polar surface area (TPSA) is 52.8 Å². The molecule has 0 N–H and O–H groups in total. The fraction of sp³-hybridized carbons (Fsp3) is 0.222. The van der Waals surface area contributed by atoms with Crippen LogP contribution in [0.2, 0.25) is 0 Å². The lowest BCUT2D eigenvalue weighted by Gasteiger charge is -2.07. The molecule has 0 aliphatic rings. The minimum Gasteiger partial charge on any atom is -0.495 e. The van der Waals surface area contributed by atoms with Crippen LogP contribution in [0.3, 0.4) is 0 Å². The number of benzene rings is 2. The van der Waals surface area contributed by atoms with E-state index >= 15 is 0 Å². The van der Waals surface area contributed by atoms with Crippen molar-refractivity contribution in [1.82, 2.24) is 4.57 Å². The predicted molar refractivity (Wildman–Crippen MR) is 95.2 cm³/mol. The van der Waals surface area contributed by atoms with Crippen molar-refractivity contribution < 1.29 is 27.4 Å². The summed E-state index contributed by atoms with van der Waals surface area (Å²) in [5.41, 5.74) is -0.355. The molecular weight excluding hydrogens is 381 g/mol. The largest absolute Gasteiger partial charge is 0.495 e. The first kappa shape index (κ1) is 19.0. The number of ether oxygens (including phenoxy) is 2. The summed E-state index contributed by atoms with van der Waals surface area (Å²) in [5.74, 6) is 0.387. The Labute approximate surface area is 156 Å². The van der Waals surface area contributed by atoms with Gasteiger partial charge in [0.15, 0.2) is 4.80 Å². The molecule has 0 unspecified atom stereocenters. The molecule has 2 aromatic carbocycles. The number of methoxy groups -OCH3 is 2. The highest BCUT2D eigenvalue weighted by Crippen LogP contribution is 2.34. The van der Waals surface area contributed by atoms with Crippen LogP contribution in [0.15, 0.2) is 41.4 Å². The van der Waals surface area contributed by atoms with Gasteiger partial charge >= 0.3 is 6.18 Å². The maximum Gasteiger partial charge on any atom is 0.416 e. The number of carbonyl (C=O) groups excluding carboxylic acids is 1. The monoisotopic (exact) mass is 396 g/mol. The fourth-order valence-electron chi connectivity index (χ4n) is 2.61. The first-order chi connectivity index (χ1) is 12.8. The lowest BCUT2D eigenvalue weighted by atomic mass is 10.1. The highest BCUT2D eigenvalue weighted by molar-refractivity contribution is 7.16. The van der Waals surface area contributed by atoms with Gasteiger partial charge in [-0.3, -0.25) is 4.79 Å². The summed E-state index contributed by atoms with van der Waals surface area (Å²) in [6.45, 7) is 0. The lowest BCUT2D eigenvalue weighted by Crippen LogP contribution is -2.14. The van der Waals surface area contributed by atoms with Gasteiger partial charge < -0.3 is 14.0 Å². The number of hydrogen-bond donors (Lipinski definition) is 0. The fourth-order valence-corrected chi connectivity index (χ4v) is 3.73. The van der Waals surface area contributed by atoms with Crippen LogP contribution in [0.25, 0.3) is 10.2 Å². The molecule has 0 fully saturated rings. The van der Waals surface area contributed by atoms with Gasteiger partial charge in [-0.1, -0.05) is 17.4 Å². The Hall–Kier alpha value is -2.81. The molecule has 0 saturated carbocycles. The molecule has 27 heavy (non-hydrogen) atoms. The molecule has 1 aromatic heterocycles. The summed E-state index contributed by atoms with van der Waals surface area (Å²) in [4.78, 5) is 16.7. The molecule has 0 aliphatic heterocycles. The van der Waals surface area contributed by atoms with Crippen molar-refractivity contribution in [2.24, 2.45) is 12.0 Å². The van der Waals surface area contributed by atoms with Gasteiger partial charge in [0.25, 0.3) is 5.91 Å². The standard InChI is InChI=1S/C18H15F3N2O3S/c1-23-14-12(25-2)7-8-13(26-3)15(14)27-17(23)22-16(24)10-5-4-6-11(9-10)18(19,20)21/h4-9H,1-3H3. The molecule has 0 saturated heterocycles. The molecule has 9 heteroatoms. The van der Waals surface area contributed by atoms with E-state index in [0.29, 0.717) is 21.8 Å². The number of fused-ring (bicyclic) bond motifs is 1. The highest BCUT2D eigenvalue weighted by Gasteiger charge is 2.30. The summed E-state index contributed by atoms with van der Waals surface area (Å²) < 4.78 is 51.6. The average molecular weight is 396 g/mol. The van der Waals surface area contributed by atoms with Crippen LogP contribution in [0.4, 0.5) is 13.2 Å². The Morgan fingerprint density at radius 3 is 2.41 bits per heavy atom. The van der Waals surface area contributed by atoms with Crippen LogP contribution in [-0.4, -0.2) is 24.7 Å². The van der Waals surface area contributed by atoms with Crippen LogP contribution in [0, 0.1) is 0 Å². The van der Waals surface area contributed by atoms with Crippen LogP contribution >= 0.6 is 11.3 Å². The van der Waals surface area contributed by atoms with E-state index in [2.05, 4.69) is 4.99 Å². The van der Waals surface area contributed by atoms with Gasteiger partial charge in [-0.25, -0.2) is 0 Å². The number of amides is 1. The smallest absolute Gasteiger partial charge is 0.416 e. The average Bonchev–Trinajstić information content (AvgIpc) is 2.97. The minimum absolute atomic E-state index is 0.138. The number of hydrogen-bond acceptors (Lipinski definition) is 4. The van der Waals surface area contributed by atoms with Crippen molar-refractivity contribution in [3.63, 3.8) is 0 Å². The number of rotatable bonds is 3. The normalized spacial score (nSPS) is 12.4. The second kappa shape index (κ2) is 7.07. The summed E-state index contributed by atoms with van der Waals surface area (Å²) in [5, 5.41) is 0. The van der Waals surface area contributed by atoms with Gasteiger partial charge in [0, 0.05) is 12.6 Å². The lowest BCUT2D eigenvalue weighted by molar-refractivity contribution is -0.137. The van der Waals surface area contributed by atoms with E-state index in [0.717, 1.165) is 16.8 Å². The number of aryl methyl sites for hydroxylation is 1. The summed E-state index contributed by atoms with van der Waals surface area (Å²) in [6, 6.07) is 7.65. The van der Waals surface area contributed by atoms with E-state index in [1.165, 1.54) is 37.7 Å². The molecule has 1 amide bonds. The molecule has 1 heterocycles. The minimum atomic E-state index is -4.53. The molecule has 0 spiro atoms. The van der Waals surface area contributed by atoms with E-state index in [4.69, 9.17) is 9.47 Å². The second-order valence-electron chi connectivity index (χ2n) is 5.59. The third-order valence-corrected chi connectivity index (χ3v) is 5.09. The zero-order chi connectivity index (χ0) is 19.8. The maximum atomic E-state index is 12.9. The van der Waals surface area contributed by atoms with E-state index in [-0.39, 0.29) is 5.56 Å². The third-order valence-electron chi connectivity index (χ3n) is 3.95. The van der Waals surface area contributed by atoms with E-state index in [9.17, 15) is 18.0 Å². The van der Waals surface area contributed by atoms with Crippen LogP contribution in [0.1, 0.15) is 15.9 Å². The Balaban J connectivity index is 2.14. The van der Waals surface area contributed by atoms with Gasteiger partial charge in [-0.05, 0) is 30.3 Å². The van der Waals surface area contributed by atoms with Crippen LogP contribution in [-0.2, 0) is 13.2 Å². The second-order valence-corrected chi connectivity index (χ2v) is 6.56. The number of nitrogens with zero attached hydrogens (tertiary/aromatic N) is 2. The molecule has 3 aromatic rings. The van der Waals surface area contributed by atoms with E-state index in [1.54, 1.807) is 23.7 Å². The van der Waals surface area contributed by atoms with Crippen molar-refractivity contribution >= 4 is 27.5 Å². The van der Waals surface area contributed by atoms with Gasteiger partial charge in [-0.15, -0.1) is 0 Å². The number of thiazole rings is 1. The Morgan fingerprint density at radius 1 is 1.11 bits per heavy atom. The van der Waals surface area contributed by atoms with Crippen molar-refractivity contribution in [3.8, 4) is 11.5 Å². The zero-order valence-corrected chi connectivity index (χ0v) is 15.4. The Kier molecular flexibility index (Phi) is 4.97. The van der Waals surface area contributed by atoms with Gasteiger partial charge in [0.2, 0.25) is 0 Å². The molecule has 3 rings (SSSR count). The van der Waals surface area contributed by atoms with Crippen molar-refractivity contribution in [3.05, 3.63) is 52.3 Å². The van der Waals surface area contributed by atoms with Crippen molar-refractivity contribution in [2.75, 3.05) is 14.2 Å². The molecule has 5 nitrogen and oxygen atoms in total. The van der Waals surface area contributed by atoms with Crippen molar-refractivity contribution in [1.29, 1.82) is 0 Å². The van der Waals surface area contributed by atoms with E-state index < -0.39 is 17.6 Å². The number of aromatic nitrogens is 1. The predicted octanol–water partition coefficient (Wildman–Crippen LogP) is 4.02. The first-order valence-corrected chi connectivity index (χ1v) is 8.54. The molecule has 0 bridgehead atoms. The third kappa shape index (κ3) is 3.55. The maximum absolute atomic E-state index is 12.9. The van der Waals surface area contributed by atoms with Gasteiger partial charge in [0.05, 0.1) is 19.8 Å². The summed E-state index contributed by atoms with van der Waals surface area (Å²) in [7, 11) is 4.73. The molecule has 0 radical (unpaired) electrons. The van der Waals surface area contributed by atoms with Crippen molar-refractivity contribution in [2.45, 2.75) is 6.18 Å². The highest BCUT2D eigenvalue weighted by atomic mass is 32.1. The summed E-state index contributed by atoms with van der Waals surface area (Å²) in [6.07, 6.45) is -4.53. The summed E-state index contributed by atoms with van der Waals surface area (Å²) >= 11 is 1.19. The Morgan fingerprint density at radius 2 is 1.78 bits per heavy atom. The van der Waals surface area contributed by atoms with Crippen LogP contribution < -0.4 is 14.3 Å². The number of alkyl halides is 3.